The zero-order chi connectivity index (χ0) is 21.5. The molecule has 1 amide bonds. The molecule has 4 rings (SSSR count). The van der Waals surface area contributed by atoms with Gasteiger partial charge in [-0.15, -0.1) is 11.3 Å². The number of rotatable bonds is 8. The van der Waals surface area contributed by atoms with Gasteiger partial charge in [-0.05, 0) is 30.7 Å². The fourth-order valence-electron chi connectivity index (χ4n) is 3.04. The third-order valence-corrected chi connectivity index (χ3v) is 5.84. The molecule has 1 heterocycles. The Bertz CT molecular complexity index is 1140. The van der Waals surface area contributed by atoms with E-state index in [9.17, 15) is 4.79 Å². The summed E-state index contributed by atoms with van der Waals surface area (Å²) < 4.78 is 5.62. The molecule has 0 spiro atoms. The smallest absolute Gasteiger partial charge is 0.224 e. The van der Waals surface area contributed by atoms with Gasteiger partial charge in [0.2, 0.25) is 5.91 Å². The van der Waals surface area contributed by atoms with Gasteiger partial charge in [-0.25, -0.2) is 4.98 Å². The number of carbonyl (C=O) groups is 1. The van der Waals surface area contributed by atoms with Gasteiger partial charge in [0.05, 0.1) is 17.3 Å². The maximum atomic E-state index is 12.2. The van der Waals surface area contributed by atoms with Crippen LogP contribution in [0.4, 0.5) is 5.69 Å². The summed E-state index contributed by atoms with van der Waals surface area (Å²) in [4.78, 5) is 16.9. The van der Waals surface area contributed by atoms with E-state index in [2.05, 4.69) is 22.8 Å². The molecule has 6 heteroatoms. The minimum atomic E-state index is -0.0458. The summed E-state index contributed by atoms with van der Waals surface area (Å²) in [5.74, 6) is 0.591. The van der Waals surface area contributed by atoms with Crippen LogP contribution in [0.15, 0.2) is 84.2 Å². The number of hydrogen-bond acceptors (Lipinski definition) is 4. The average Bonchev–Trinajstić information content (AvgIpc) is 3.29. The average molecular weight is 449 g/mol. The number of carbonyl (C=O) groups excluding carboxylic acids is 1. The molecule has 0 saturated heterocycles. The molecule has 0 radical (unpaired) electrons. The Kier molecular flexibility index (Phi) is 6.97. The molecule has 0 aliphatic carbocycles. The predicted octanol–water partition coefficient (Wildman–Crippen LogP) is 6.93. The largest absolute Gasteiger partial charge is 0.492 e. The molecule has 1 aromatic heterocycles. The highest BCUT2D eigenvalue weighted by atomic mass is 35.5. The molecule has 31 heavy (non-hydrogen) atoms. The lowest BCUT2D eigenvalue weighted by Crippen LogP contribution is -2.12. The van der Waals surface area contributed by atoms with E-state index in [0.29, 0.717) is 30.2 Å². The molecule has 0 unspecified atom stereocenters. The minimum Gasteiger partial charge on any atom is -0.492 e. The van der Waals surface area contributed by atoms with Crippen molar-refractivity contribution in [1.29, 1.82) is 0 Å². The highest BCUT2D eigenvalue weighted by molar-refractivity contribution is 7.13. The number of aromatic nitrogens is 1. The Morgan fingerprint density at radius 3 is 2.45 bits per heavy atom. The number of para-hydroxylation sites is 1. The zero-order valence-electron chi connectivity index (χ0n) is 16.8. The first-order valence-electron chi connectivity index (χ1n) is 9.97. The van der Waals surface area contributed by atoms with E-state index < -0.39 is 0 Å². The molecule has 4 aromatic rings. The Hall–Kier alpha value is -3.15. The number of ether oxygens (including phenoxy) is 1. The van der Waals surface area contributed by atoms with Gasteiger partial charge in [0.15, 0.2) is 0 Å². The number of anilines is 1. The molecular formula is C25H21ClN2O2S. The highest BCUT2D eigenvalue weighted by Gasteiger charge is 2.08. The number of thiazole rings is 1. The molecule has 4 nitrogen and oxygen atoms in total. The van der Waals surface area contributed by atoms with Crippen LogP contribution in [0.2, 0.25) is 5.02 Å². The van der Waals surface area contributed by atoms with Gasteiger partial charge >= 0.3 is 0 Å². The molecule has 0 saturated carbocycles. The van der Waals surface area contributed by atoms with E-state index in [1.54, 1.807) is 17.4 Å². The van der Waals surface area contributed by atoms with E-state index in [4.69, 9.17) is 21.3 Å². The molecule has 156 valence electrons. The van der Waals surface area contributed by atoms with Crippen molar-refractivity contribution >= 4 is 34.5 Å². The summed E-state index contributed by atoms with van der Waals surface area (Å²) >= 11 is 7.68. The topological polar surface area (TPSA) is 51.2 Å². The summed E-state index contributed by atoms with van der Waals surface area (Å²) in [6.07, 6.45) is 0.981. The van der Waals surface area contributed by atoms with Gasteiger partial charge in [-0.2, -0.15) is 0 Å². The molecule has 0 fully saturated rings. The highest BCUT2D eigenvalue weighted by Crippen LogP contribution is 2.29. The van der Waals surface area contributed by atoms with Gasteiger partial charge in [0.1, 0.15) is 10.8 Å². The van der Waals surface area contributed by atoms with Crippen LogP contribution in [0, 0.1) is 0 Å². The summed E-state index contributed by atoms with van der Waals surface area (Å²) in [5, 5.41) is 6.54. The van der Waals surface area contributed by atoms with E-state index >= 15 is 0 Å². The fraction of sp³-hybridized carbons (Fsp3) is 0.120. The summed E-state index contributed by atoms with van der Waals surface area (Å²) in [6.45, 7) is 0.434. The fourth-order valence-corrected chi connectivity index (χ4v) is 4.07. The quantitative estimate of drug-likeness (QED) is 0.297. The lowest BCUT2D eigenvalue weighted by atomic mass is 10.1. The molecule has 3 aromatic carbocycles. The van der Waals surface area contributed by atoms with Gasteiger partial charge in [0.25, 0.3) is 0 Å². The maximum absolute atomic E-state index is 12.2. The Morgan fingerprint density at radius 2 is 1.68 bits per heavy atom. The van der Waals surface area contributed by atoms with Crippen molar-refractivity contribution in [2.45, 2.75) is 12.8 Å². The van der Waals surface area contributed by atoms with E-state index in [0.717, 1.165) is 27.5 Å². The second-order valence-corrected chi connectivity index (χ2v) is 8.18. The van der Waals surface area contributed by atoms with Gasteiger partial charge < -0.3 is 10.1 Å². The van der Waals surface area contributed by atoms with Crippen molar-refractivity contribution < 1.29 is 9.53 Å². The number of amides is 1. The van der Waals surface area contributed by atoms with Gasteiger partial charge in [-0.3, -0.25) is 4.79 Å². The van der Waals surface area contributed by atoms with Crippen molar-refractivity contribution in [1.82, 2.24) is 4.98 Å². The molecule has 0 aliphatic rings. The van der Waals surface area contributed by atoms with Crippen LogP contribution < -0.4 is 10.1 Å². The number of nitrogens with one attached hydrogen (secondary N) is 1. The summed E-state index contributed by atoms with van der Waals surface area (Å²) in [6, 6.07) is 25.2. The molecule has 0 aliphatic heterocycles. The van der Waals surface area contributed by atoms with Crippen molar-refractivity contribution in [2.75, 3.05) is 11.9 Å². The molecule has 0 atom stereocenters. The number of halogens is 1. The van der Waals surface area contributed by atoms with Crippen LogP contribution >= 0.6 is 22.9 Å². The van der Waals surface area contributed by atoms with Crippen LogP contribution in [0.25, 0.3) is 21.8 Å². The lowest BCUT2D eigenvalue weighted by Gasteiger charge is -2.08. The normalized spacial score (nSPS) is 10.6. The molecule has 0 bridgehead atoms. The minimum absolute atomic E-state index is 0.0458. The Labute approximate surface area is 190 Å². The zero-order valence-corrected chi connectivity index (χ0v) is 18.3. The molecule has 1 N–H and O–H groups in total. The second kappa shape index (κ2) is 10.2. The van der Waals surface area contributed by atoms with E-state index in [-0.39, 0.29) is 5.91 Å². The third-order valence-electron chi connectivity index (χ3n) is 4.63. The van der Waals surface area contributed by atoms with Gasteiger partial charge in [0, 0.05) is 28.6 Å². The first-order valence-corrected chi connectivity index (χ1v) is 11.2. The van der Waals surface area contributed by atoms with Crippen molar-refractivity contribution in [3.63, 3.8) is 0 Å². The number of benzene rings is 3. The van der Waals surface area contributed by atoms with Crippen LogP contribution in [0.3, 0.4) is 0 Å². The SMILES string of the molecule is O=C(CCCOc1ccccc1Cl)Nc1ccc(-c2csc(-c3ccccc3)n2)cc1. The predicted molar refractivity (Wildman–Crippen MR) is 128 cm³/mol. The van der Waals surface area contributed by atoms with Crippen molar-refractivity contribution in [3.8, 4) is 27.6 Å². The third kappa shape index (κ3) is 5.72. The first-order chi connectivity index (χ1) is 15.2. The Balaban J connectivity index is 1.27. The monoisotopic (exact) mass is 448 g/mol. The number of hydrogen-bond donors (Lipinski definition) is 1. The Morgan fingerprint density at radius 1 is 0.935 bits per heavy atom. The van der Waals surface area contributed by atoms with Crippen LogP contribution in [0.1, 0.15) is 12.8 Å². The van der Waals surface area contributed by atoms with Crippen LogP contribution in [-0.4, -0.2) is 17.5 Å². The van der Waals surface area contributed by atoms with Crippen molar-refractivity contribution in [2.24, 2.45) is 0 Å². The summed E-state index contributed by atoms with van der Waals surface area (Å²) in [7, 11) is 0. The lowest BCUT2D eigenvalue weighted by molar-refractivity contribution is -0.116. The first kappa shape index (κ1) is 21.1. The second-order valence-electron chi connectivity index (χ2n) is 6.91. The van der Waals surface area contributed by atoms with Gasteiger partial charge in [-0.1, -0.05) is 66.2 Å². The molecular weight excluding hydrogens is 428 g/mol. The van der Waals surface area contributed by atoms with Crippen molar-refractivity contribution in [3.05, 3.63) is 89.3 Å². The number of nitrogens with zero attached hydrogens (tertiary/aromatic N) is 1. The van der Waals surface area contributed by atoms with Crippen LogP contribution in [0.5, 0.6) is 5.75 Å². The summed E-state index contributed by atoms with van der Waals surface area (Å²) in [5.41, 5.74) is 3.82. The van der Waals surface area contributed by atoms with Crippen LogP contribution in [-0.2, 0) is 4.79 Å². The standard InChI is InChI=1S/C25H21ClN2O2S/c26-21-9-4-5-10-23(21)30-16-6-11-24(29)27-20-14-12-18(13-15-20)22-17-31-25(28-22)19-7-2-1-3-8-19/h1-5,7-10,12-15,17H,6,11,16H2,(H,27,29). The maximum Gasteiger partial charge on any atom is 0.224 e. The van der Waals surface area contributed by atoms with E-state index in [1.165, 1.54) is 0 Å². The van der Waals surface area contributed by atoms with E-state index in [1.807, 2.05) is 60.7 Å².